The Balaban J connectivity index is 1.18. The third kappa shape index (κ3) is 3.45. The van der Waals surface area contributed by atoms with Crippen molar-refractivity contribution < 1.29 is 0 Å². The molecule has 2 saturated heterocycles. The SMILES string of the molecule is c1cncc(-c2cnc(N3CCC4(CC3)CCN(C3CCC3)CC4)nc2)c1. The molecular weight excluding hydrogens is 334 g/mol. The molecule has 5 nitrogen and oxygen atoms in total. The van der Waals surface area contributed by atoms with E-state index in [9.17, 15) is 0 Å². The van der Waals surface area contributed by atoms with Crippen LogP contribution in [-0.4, -0.2) is 52.1 Å². The third-order valence-corrected chi connectivity index (χ3v) is 7.19. The van der Waals surface area contributed by atoms with Gasteiger partial charge in [-0.2, -0.15) is 0 Å². The molecule has 2 aromatic heterocycles. The lowest BCUT2D eigenvalue weighted by Crippen LogP contribution is -2.51. The molecule has 27 heavy (non-hydrogen) atoms. The molecule has 0 N–H and O–H groups in total. The zero-order chi connectivity index (χ0) is 18.1. The van der Waals surface area contributed by atoms with E-state index >= 15 is 0 Å². The zero-order valence-electron chi connectivity index (χ0n) is 16.1. The summed E-state index contributed by atoms with van der Waals surface area (Å²) in [6.07, 6.45) is 17.2. The lowest BCUT2D eigenvalue weighted by molar-refractivity contribution is 0.0304. The van der Waals surface area contributed by atoms with Crippen molar-refractivity contribution in [3.05, 3.63) is 36.9 Å². The number of aromatic nitrogens is 3. The molecule has 0 bridgehead atoms. The van der Waals surface area contributed by atoms with E-state index in [-0.39, 0.29) is 0 Å². The van der Waals surface area contributed by atoms with Gasteiger partial charge in [-0.25, -0.2) is 9.97 Å². The second-order valence-electron chi connectivity index (χ2n) is 8.62. The fourth-order valence-corrected chi connectivity index (χ4v) is 4.96. The normalized spacial score (nSPS) is 23.3. The van der Waals surface area contributed by atoms with E-state index in [1.807, 2.05) is 30.7 Å². The average molecular weight is 364 g/mol. The minimum Gasteiger partial charge on any atom is -0.341 e. The van der Waals surface area contributed by atoms with Gasteiger partial charge in [-0.05, 0) is 63.1 Å². The molecular formula is C22H29N5. The first-order valence-electron chi connectivity index (χ1n) is 10.5. The van der Waals surface area contributed by atoms with Crippen molar-refractivity contribution in [2.75, 3.05) is 31.1 Å². The lowest BCUT2D eigenvalue weighted by Gasteiger charge is -2.49. The minimum absolute atomic E-state index is 0.576. The smallest absolute Gasteiger partial charge is 0.225 e. The van der Waals surface area contributed by atoms with Crippen LogP contribution < -0.4 is 4.90 Å². The van der Waals surface area contributed by atoms with Crippen LogP contribution in [0.2, 0.25) is 0 Å². The molecule has 4 heterocycles. The van der Waals surface area contributed by atoms with Crippen LogP contribution in [0.5, 0.6) is 0 Å². The Morgan fingerprint density at radius 2 is 1.56 bits per heavy atom. The van der Waals surface area contributed by atoms with Crippen LogP contribution in [0, 0.1) is 5.41 Å². The van der Waals surface area contributed by atoms with Crippen LogP contribution in [0.3, 0.4) is 0 Å². The fraction of sp³-hybridized carbons (Fsp3) is 0.591. The van der Waals surface area contributed by atoms with Gasteiger partial charge in [0.1, 0.15) is 0 Å². The second-order valence-corrected chi connectivity index (χ2v) is 8.62. The highest BCUT2D eigenvalue weighted by Crippen LogP contribution is 2.43. The van der Waals surface area contributed by atoms with Gasteiger partial charge in [-0.1, -0.05) is 12.5 Å². The van der Waals surface area contributed by atoms with Crippen molar-refractivity contribution in [3.63, 3.8) is 0 Å². The Morgan fingerprint density at radius 3 is 2.15 bits per heavy atom. The van der Waals surface area contributed by atoms with Crippen LogP contribution in [0.1, 0.15) is 44.9 Å². The number of anilines is 1. The van der Waals surface area contributed by atoms with Gasteiger partial charge >= 0.3 is 0 Å². The molecule has 3 fully saturated rings. The summed E-state index contributed by atoms with van der Waals surface area (Å²) in [6.45, 7) is 4.83. The molecule has 0 unspecified atom stereocenters. The van der Waals surface area contributed by atoms with Gasteiger partial charge in [0.15, 0.2) is 0 Å². The Bertz CT molecular complexity index is 738. The highest BCUT2D eigenvalue weighted by atomic mass is 15.3. The first-order chi connectivity index (χ1) is 13.3. The summed E-state index contributed by atoms with van der Waals surface area (Å²) in [7, 11) is 0. The lowest BCUT2D eigenvalue weighted by atomic mass is 9.70. The van der Waals surface area contributed by atoms with E-state index in [1.165, 1.54) is 58.0 Å². The minimum atomic E-state index is 0.576. The van der Waals surface area contributed by atoms with Crippen molar-refractivity contribution in [2.45, 2.75) is 51.0 Å². The van der Waals surface area contributed by atoms with Gasteiger partial charge in [-0.15, -0.1) is 0 Å². The molecule has 1 spiro atoms. The number of likely N-dealkylation sites (tertiary alicyclic amines) is 1. The predicted molar refractivity (Wildman–Crippen MR) is 108 cm³/mol. The Hall–Kier alpha value is -2.01. The van der Waals surface area contributed by atoms with E-state index < -0.39 is 0 Å². The zero-order valence-corrected chi connectivity index (χ0v) is 16.1. The molecule has 1 aliphatic carbocycles. The number of piperidine rings is 2. The van der Waals surface area contributed by atoms with Crippen LogP contribution in [0.4, 0.5) is 5.95 Å². The van der Waals surface area contributed by atoms with Crippen LogP contribution in [-0.2, 0) is 0 Å². The van der Waals surface area contributed by atoms with Crippen molar-refractivity contribution in [2.24, 2.45) is 5.41 Å². The molecule has 1 saturated carbocycles. The summed E-state index contributed by atoms with van der Waals surface area (Å²) in [6, 6.07) is 4.91. The standard InChI is InChI=1S/C22H29N5/c1-4-20(5-1)26-11-6-22(7-12-26)8-13-27(14-9-22)21-24-16-19(17-25-21)18-3-2-10-23-15-18/h2-3,10,15-17,20H,1,4-9,11-14H2. The van der Waals surface area contributed by atoms with Gasteiger partial charge in [0.2, 0.25) is 5.95 Å². The van der Waals surface area contributed by atoms with Gasteiger partial charge < -0.3 is 9.80 Å². The third-order valence-electron chi connectivity index (χ3n) is 7.19. The van der Waals surface area contributed by atoms with Crippen molar-refractivity contribution in [1.82, 2.24) is 19.9 Å². The maximum atomic E-state index is 4.65. The van der Waals surface area contributed by atoms with E-state index in [0.29, 0.717) is 5.41 Å². The monoisotopic (exact) mass is 363 g/mol. The number of hydrogen-bond donors (Lipinski definition) is 0. The second kappa shape index (κ2) is 7.19. The number of pyridine rings is 1. The summed E-state index contributed by atoms with van der Waals surface area (Å²) in [5.41, 5.74) is 2.68. The highest BCUT2D eigenvalue weighted by molar-refractivity contribution is 5.60. The fourth-order valence-electron chi connectivity index (χ4n) is 4.96. The maximum absolute atomic E-state index is 4.65. The predicted octanol–water partition coefficient (Wildman–Crippen LogP) is 3.77. The largest absolute Gasteiger partial charge is 0.341 e. The van der Waals surface area contributed by atoms with Gasteiger partial charge in [0.05, 0.1) is 0 Å². The average Bonchev–Trinajstić information content (AvgIpc) is 2.70. The maximum Gasteiger partial charge on any atom is 0.225 e. The summed E-state index contributed by atoms with van der Waals surface area (Å²) in [4.78, 5) is 18.6. The topological polar surface area (TPSA) is 45.2 Å². The molecule has 0 aromatic carbocycles. The molecule has 0 amide bonds. The summed E-state index contributed by atoms with van der Waals surface area (Å²) in [5, 5.41) is 0. The first-order valence-corrected chi connectivity index (χ1v) is 10.5. The Kier molecular flexibility index (Phi) is 4.56. The number of hydrogen-bond acceptors (Lipinski definition) is 5. The summed E-state index contributed by atoms with van der Waals surface area (Å²) >= 11 is 0. The van der Waals surface area contributed by atoms with E-state index in [4.69, 9.17) is 0 Å². The molecule has 2 aliphatic heterocycles. The van der Waals surface area contributed by atoms with Gasteiger partial charge in [0, 0.05) is 55.0 Å². The molecule has 5 heteroatoms. The Morgan fingerprint density at radius 1 is 0.852 bits per heavy atom. The van der Waals surface area contributed by atoms with Crippen LogP contribution in [0.15, 0.2) is 36.9 Å². The molecule has 5 rings (SSSR count). The molecule has 0 radical (unpaired) electrons. The first kappa shape index (κ1) is 17.1. The van der Waals surface area contributed by atoms with E-state index in [1.54, 1.807) is 6.20 Å². The quantitative estimate of drug-likeness (QED) is 0.830. The van der Waals surface area contributed by atoms with Crippen molar-refractivity contribution >= 4 is 5.95 Å². The molecule has 0 atom stereocenters. The number of rotatable bonds is 3. The number of nitrogens with zero attached hydrogens (tertiary/aromatic N) is 5. The van der Waals surface area contributed by atoms with Crippen LogP contribution >= 0.6 is 0 Å². The van der Waals surface area contributed by atoms with Crippen molar-refractivity contribution in [3.8, 4) is 11.1 Å². The van der Waals surface area contributed by atoms with E-state index in [0.717, 1.165) is 36.2 Å². The summed E-state index contributed by atoms with van der Waals surface area (Å²) < 4.78 is 0. The van der Waals surface area contributed by atoms with Gasteiger partial charge in [0.25, 0.3) is 0 Å². The van der Waals surface area contributed by atoms with E-state index in [2.05, 4.69) is 24.8 Å². The van der Waals surface area contributed by atoms with Gasteiger partial charge in [-0.3, -0.25) is 4.98 Å². The molecule has 2 aromatic rings. The Labute approximate surface area is 161 Å². The van der Waals surface area contributed by atoms with Crippen molar-refractivity contribution in [1.29, 1.82) is 0 Å². The highest BCUT2D eigenvalue weighted by Gasteiger charge is 2.40. The molecule has 142 valence electrons. The molecule has 3 aliphatic rings. The summed E-state index contributed by atoms with van der Waals surface area (Å²) in [5.74, 6) is 0.879. The van der Waals surface area contributed by atoms with Crippen LogP contribution in [0.25, 0.3) is 11.1 Å².